The van der Waals surface area contributed by atoms with Crippen molar-refractivity contribution in [3.63, 3.8) is 0 Å². The lowest BCUT2D eigenvalue weighted by atomic mass is 9.79. The molecule has 1 amide bonds. The molecular formula is C28H33N3O4. The first-order valence-electron chi connectivity index (χ1n) is 12.2. The number of fused-ring (bicyclic) bond motifs is 1. The van der Waals surface area contributed by atoms with Crippen LogP contribution in [0.5, 0.6) is 0 Å². The number of carbonyl (C=O) groups is 1. The molecule has 1 aromatic heterocycles. The highest BCUT2D eigenvalue weighted by Gasteiger charge is 2.32. The van der Waals surface area contributed by atoms with Gasteiger partial charge in [-0.1, -0.05) is 54.3 Å². The predicted molar refractivity (Wildman–Crippen MR) is 135 cm³/mol. The molecule has 0 fully saturated rings. The lowest BCUT2D eigenvalue weighted by molar-refractivity contribution is -0.132. The molecule has 0 radical (unpaired) electrons. The van der Waals surface area contributed by atoms with Gasteiger partial charge in [0.2, 0.25) is 0 Å². The number of carbonyl (C=O) groups excluding carboxylic acids is 1. The number of para-hydroxylation sites is 1. The molecule has 2 unspecified atom stereocenters. The summed E-state index contributed by atoms with van der Waals surface area (Å²) in [6, 6.07) is 16.6. The van der Waals surface area contributed by atoms with Crippen molar-refractivity contribution in [1.29, 1.82) is 0 Å². The van der Waals surface area contributed by atoms with Crippen molar-refractivity contribution in [1.82, 2.24) is 15.4 Å². The van der Waals surface area contributed by atoms with Gasteiger partial charge in [0.1, 0.15) is 5.92 Å². The highest BCUT2D eigenvalue weighted by Crippen LogP contribution is 2.30. The van der Waals surface area contributed by atoms with Gasteiger partial charge in [-0.25, -0.2) is 5.48 Å². The summed E-state index contributed by atoms with van der Waals surface area (Å²) < 4.78 is 11.1. The van der Waals surface area contributed by atoms with Gasteiger partial charge in [0.15, 0.2) is 0 Å². The quantitative estimate of drug-likeness (QED) is 0.144. The summed E-state index contributed by atoms with van der Waals surface area (Å²) in [4.78, 5) is 17.5. The molecule has 0 aliphatic heterocycles. The molecule has 7 nitrogen and oxygen atoms in total. The number of nitrogens with one attached hydrogen (secondary N) is 2. The monoisotopic (exact) mass is 475 g/mol. The normalized spacial score (nSPS) is 16.7. The van der Waals surface area contributed by atoms with E-state index in [9.17, 15) is 4.79 Å². The number of hydrogen-bond acceptors (Lipinski definition) is 5. The predicted octanol–water partition coefficient (Wildman–Crippen LogP) is 3.49. The first-order chi connectivity index (χ1) is 17.2. The Bertz CT molecular complexity index is 1160. The summed E-state index contributed by atoms with van der Waals surface area (Å²) >= 11 is 0. The number of benzene rings is 2. The maximum atomic E-state index is 11.7. The van der Waals surface area contributed by atoms with E-state index in [2.05, 4.69) is 58.3 Å². The van der Waals surface area contributed by atoms with E-state index in [4.69, 9.17) is 14.7 Å². The van der Waals surface area contributed by atoms with Crippen LogP contribution in [0.2, 0.25) is 0 Å². The maximum Gasteiger partial charge on any atom is 0.260 e. The fraction of sp³-hybridized carbons (Fsp3) is 0.393. The molecule has 0 bridgehead atoms. The topological polar surface area (TPSA) is 86.8 Å². The summed E-state index contributed by atoms with van der Waals surface area (Å²) in [5, 5.41) is 10.2. The van der Waals surface area contributed by atoms with Crippen LogP contribution in [-0.2, 0) is 27.2 Å². The number of aromatic amines is 1. The lowest BCUT2D eigenvalue weighted by Crippen LogP contribution is -2.34. The minimum Gasteiger partial charge on any atom is -0.379 e. The first-order valence-corrected chi connectivity index (χ1v) is 12.2. The SMILES string of the molecule is CCOCCOCCN(CCc1c[nH]c2ccccc12)Cc1ccc(C2C#CC2C(=O)NO)cc1. The van der Waals surface area contributed by atoms with Crippen molar-refractivity contribution in [3.8, 4) is 11.8 Å². The standard InChI is InChI=1S/C28H33N3O4/c1-2-34-17-18-35-16-15-31(14-13-23-19-29-27-6-4-3-5-25(23)27)20-21-7-9-22(10-8-21)24-11-12-26(24)28(32)30-33/h3-10,19,24,26,29,33H,2,13-18,20H2,1H3,(H,30,32). The summed E-state index contributed by atoms with van der Waals surface area (Å²) in [5.74, 6) is 4.72. The second-order valence-electron chi connectivity index (χ2n) is 8.66. The molecule has 7 heteroatoms. The van der Waals surface area contributed by atoms with Crippen LogP contribution in [0, 0.1) is 17.8 Å². The molecule has 35 heavy (non-hydrogen) atoms. The van der Waals surface area contributed by atoms with Gasteiger partial charge in [0.25, 0.3) is 5.91 Å². The number of rotatable bonds is 14. The first kappa shape index (κ1) is 25.0. The van der Waals surface area contributed by atoms with Crippen LogP contribution >= 0.6 is 0 Å². The van der Waals surface area contributed by atoms with Gasteiger partial charge in [-0.2, -0.15) is 0 Å². The molecule has 1 aliphatic rings. The van der Waals surface area contributed by atoms with Gasteiger partial charge in [-0.15, -0.1) is 0 Å². The number of nitrogens with zero attached hydrogens (tertiary/aromatic N) is 1. The van der Waals surface area contributed by atoms with Crippen molar-refractivity contribution >= 4 is 16.8 Å². The van der Waals surface area contributed by atoms with Gasteiger partial charge in [-0.3, -0.25) is 14.9 Å². The Labute approximate surface area is 206 Å². The van der Waals surface area contributed by atoms with Crippen LogP contribution in [-0.4, -0.2) is 60.5 Å². The van der Waals surface area contributed by atoms with E-state index in [0.29, 0.717) is 26.4 Å². The fourth-order valence-electron chi connectivity index (χ4n) is 4.35. The lowest BCUT2D eigenvalue weighted by Gasteiger charge is -2.24. The Hall–Kier alpha value is -3.15. The van der Waals surface area contributed by atoms with E-state index >= 15 is 0 Å². The van der Waals surface area contributed by atoms with E-state index in [0.717, 1.165) is 37.1 Å². The van der Waals surface area contributed by atoms with E-state index in [1.54, 1.807) is 5.48 Å². The van der Waals surface area contributed by atoms with Gasteiger partial charge in [0.05, 0.1) is 25.7 Å². The molecule has 1 heterocycles. The Morgan fingerprint density at radius 1 is 1.06 bits per heavy atom. The van der Waals surface area contributed by atoms with Crippen LogP contribution in [0.4, 0.5) is 0 Å². The Kier molecular flexibility index (Phi) is 8.93. The van der Waals surface area contributed by atoms with Crippen molar-refractivity contribution in [2.75, 3.05) is 39.5 Å². The second kappa shape index (κ2) is 12.5. The Balaban J connectivity index is 1.37. The highest BCUT2D eigenvalue weighted by atomic mass is 16.5. The third-order valence-electron chi connectivity index (χ3n) is 6.37. The molecule has 0 saturated heterocycles. The third kappa shape index (κ3) is 6.50. The molecule has 2 aromatic carbocycles. The second-order valence-corrected chi connectivity index (χ2v) is 8.66. The number of hydroxylamine groups is 1. The molecule has 2 atom stereocenters. The van der Waals surface area contributed by atoms with Crippen molar-refractivity contribution in [2.24, 2.45) is 5.92 Å². The van der Waals surface area contributed by atoms with Crippen molar-refractivity contribution in [2.45, 2.75) is 25.8 Å². The summed E-state index contributed by atoms with van der Waals surface area (Å²) in [7, 11) is 0. The summed E-state index contributed by atoms with van der Waals surface area (Å²) in [5.41, 5.74) is 6.37. The molecule has 3 aromatic rings. The zero-order chi connectivity index (χ0) is 24.5. The average Bonchev–Trinajstić information content (AvgIpc) is 3.28. The van der Waals surface area contributed by atoms with E-state index < -0.39 is 11.8 Å². The van der Waals surface area contributed by atoms with Crippen molar-refractivity contribution in [3.05, 3.63) is 71.4 Å². The minimum atomic E-state index is -0.493. The van der Waals surface area contributed by atoms with Crippen LogP contribution < -0.4 is 5.48 Å². The fourth-order valence-corrected chi connectivity index (χ4v) is 4.35. The average molecular weight is 476 g/mol. The van der Waals surface area contributed by atoms with Gasteiger partial charge < -0.3 is 14.5 Å². The zero-order valence-electron chi connectivity index (χ0n) is 20.1. The van der Waals surface area contributed by atoms with E-state index in [1.807, 2.05) is 25.1 Å². The van der Waals surface area contributed by atoms with Gasteiger partial charge >= 0.3 is 0 Å². The number of amides is 1. The smallest absolute Gasteiger partial charge is 0.260 e. The largest absolute Gasteiger partial charge is 0.379 e. The zero-order valence-corrected chi connectivity index (χ0v) is 20.1. The van der Waals surface area contributed by atoms with E-state index in [-0.39, 0.29) is 5.92 Å². The number of ether oxygens (including phenoxy) is 2. The molecular weight excluding hydrogens is 442 g/mol. The van der Waals surface area contributed by atoms with E-state index in [1.165, 1.54) is 16.5 Å². The van der Waals surface area contributed by atoms with Crippen LogP contribution in [0.3, 0.4) is 0 Å². The minimum absolute atomic E-state index is 0.173. The molecule has 1 aliphatic carbocycles. The van der Waals surface area contributed by atoms with Gasteiger partial charge in [-0.05, 0) is 36.1 Å². The highest BCUT2D eigenvalue weighted by molar-refractivity contribution is 5.84. The number of H-pyrrole nitrogens is 1. The third-order valence-corrected chi connectivity index (χ3v) is 6.37. The van der Waals surface area contributed by atoms with Crippen molar-refractivity contribution < 1.29 is 19.5 Å². The Morgan fingerprint density at radius 3 is 2.60 bits per heavy atom. The number of hydrogen-bond donors (Lipinski definition) is 3. The Morgan fingerprint density at radius 2 is 1.86 bits per heavy atom. The summed E-state index contributed by atoms with van der Waals surface area (Å²) in [6.45, 7) is 7.08. The molecule has 4 rings (SSSR count). The molecule has 0 saturated carbocycles. The molecule has 3 N–H and O–H groups in total. The molecule has 184 valence electrons. The van der Waals surface area contributed by atoms with Gasteiger partial charge in [0, 0.05) is 43.3 Å². The van der Waals surface area contributed by atoms with Crippen LogP contribution in [0.1, 0.15) is 29.5 Å². The summed E-state index contributed by atoms with van der Waals surface area (Å²) in [6.07, 6.45) is 3.05. The number of aromatic nitrogens is 1. The van der Waals surface area contributed by atoms with Crippen LogP contribution in [0.15, 0.2) is 54.7 Å². The van der Waals surface area contributed by atoms with Crippen LogP contribution in [0.25, 0.3) is 10.9 Å². The maximum absolute atomic E-state index is 11.7. The molecule has 0 spiro atoms.